The molecule has 0 spiro atoms. The van der Waals surface area contributed by atoms with E-state index in [1.807, 2.05) is 19.2 Å². The highest BCUT2D eigenvalue weighted by Gasteiger charge is 2.22. The normalized spacial score (nSPS) is 12.4. The van der Waals surface area contributed by atoms with Crippen LogP contribution < -0.4 is 0 Å². The summed E-state index contributed by atoms with van der Waals surface area (Å²) in [5.74, 6) is 0. The van der Waals surface area contributed by atoms with Crippen LogP contribution in [0.15, 0.2) is 18.5 Å². The van der Waals surface area contributed by atoms with Gasteiger partial charge in [-0.15, -0.1) is 10.2 Å². The van der Waals surface area contributed by atoms with Crippen LogP contribution in [0.4, 0.5) is 0 Å². The summed E-state index contributed by atoms with van der Waals surface area (Å²) in [6, 6.07) is 2.02. The number of hydrogen-bond donors (Lipinski definition) is 0. The lowest BCUT2D eigenvalue weighted by atomic mass is 10.1. The molecule has 0 aromatic carbocycles. The van der Waals surface area contributed by atoms with E-state index in [1.165, 1.54) is 11.1 Å². The Morgan fingerprint density at radius 3 is 3.14 bits per heavy atom. The smallest absolute Gasteiger partial charge is 0.102 e. The van der Waals surface area contributed by atoms with E-state index in [-0.39, 0.29) is 0 Å². The predicted octanol–water partition coefficient (Wildman–Crippen LogP) is 1.15. The van der Waals surface area contributed by atoms with Crippen LogP contribution in [0.2, 0.25) is 0 Å². The fourth-order valence-corrected chi connectivity index (χ4v) is 1.84. The summed E-state index contributed by atoms with van der Waals surface area (Å²) in [6.07, 6.45) is 4.55. The van der Waals surface area contributed by atoms with Gasteiger partial charge in [0.05, 0.1) is 5.69 Å². The van der Waals surface area contributed by atoms with Crippen LogP contribution in [0.5, 0.6) is 0 Å². The maximum Gasteiger partial charge on any atom is 0.102 e. The molecule has 1 aliphatic carbocycles. The van der Waals surface area contributed by atoms with Gasteiger partial charge in [0.1, 0.15) is 5.69 Å². The van der Waals surface area contributed by atoms with Crippen LogP contribution in [0.1, 0.15) is 16.8 Å². The molecular weight excluding hydrogens is 176 g/mol. The van der Waals surface area contributed by atoms with Crippen molar-refractivity contribution >= 4 is 0 Å². The van der Waals surface area contributed by atoms with E-state index in [4.69, 9.17) is 0 Å². The molecule has 3 rings (SSSR count). The van der Waals surface area contributed by atoms with Crippen LogP contribution in [-0.4, -0.2) is 20.4 Å². The fourth-order valence-electron chi connectivity index (χ4n) is 1.84. The Hall–Kier alpha value is -1.84. The summed E-state index contributed by atoms with van der Waals surface area (Å²) < 4.78 is 0. The topological polar surface area (TPSA) is 51.6 Å². The van der Waals surface area contributed by atoms with Crippen molar-refractivity contribution in [3.63, 3.8) is 0 Å². The van der Waals surface area contributed by atoms with Crippen molar-refractivity contribution in [3.05, 3.63) is 35.3 Å². The number of rotatable bonds is 0. The fraction of sp³-hybridized carbons (Fsp3) is 0.200. The van der Waals surface area contributed by atoms with E-state index >= 15 is 0 Å². The highest BCUT2D eigenvalue weighted by molar-refractivity contribution is 5.72. The van der Waals surface area contributed by atoms with Crippen molar-refractivity contribution in [3.8, 4) is 11.3 Å². The molecule has 0 amide bonds. The minimum absolute atomic E-state index is 0.904. The number of hydrogen-bond acceptors (Lipinski definition) is 4. The van der Waals surface area contributed by atoms with Crippen LogP contribution >= 0.6 is 0 Å². The third-order valence-electron chi connectivity index (χ3n) is 2.60. The molecule has 0 saturated heterocycles. The summed E-state index contributed by atoms with van der Waals surface area (Å²) in [5.41, 5.74) is 5.45. The predicted molar refractivity (Wildman–Crippen MR) is 50.6 cm³/mol. The van der Waals surface area contributed by atoms with Crippen LogP contribution in [-0.2, 0) is 6.42 Å². The Morgan fingerprint density at radius 1 is 1.29 bits per heavy atom. The van der Waals surface area contributed by atoms with Gasteiger partial charge in [0.2, 0.25) is 0 Å². The van der Waals surface area contributed by atoms with Gasteiger partial charge < -0.3 is 0 Å². The second-order valence-corrected chi connectivity index (χ2v) is 3.41. The zero-order valence-corrected chi connectivity index (χ0v) is 7.73. The van der Waals surface area contributed by atoms with Gasteiger partial charge in [-0.2, -0.15) is 0 Å². The lowest BCUT2D eigenvalue weighted by Gasteiger charge is -1.97. The first-order valence-electron chi connectivity index (χ1n) is 4.48. The number of aryl methyl sites for hydroxylation is 1. The molecule has 68 valence electrons. The largest absolute Gasteiger partial charge is 0.264 e. The zero-order chi connectivity index (χ0) is 9.54. The number of fused-ring (bicyclic) bond motifs is 3. The molecule has 0 fully saturated rings. The lowest BCUT2D eigenvalue weighted by molar-refractivity contribution is 0.832. The van der Waals surface area contributed by atoms with E-state index in [9.17, 15) is 0 Å². The standard InChI is InChI=1S/C10H8N4/c1-6-8-4-7-2-3-11-5-9(7)10(8)13-14-12-6/h2-3,5H,4H2,1H3. The maximum absolute atomic E-state index is 4.10. The highest BCUT2D eigenvalue weighted by Crippen LogP contribution is 2.34. The first kappa shape index (κ1) is 7.55. The Labute approximate surface area is 81.0 Å². The molecule has 2 aromatic rings. The second kappa shape index (κ2) is 2.57. The average Bonchev–Trinajstić information content (AvgIpc) is 2.59. The summed E-state index contributed by atoms with van der Waals surface area (Å²) >= 11 is 0. The third kappa shape index (κ3) is 0.878. The number of aromatic nitrogens is 4. The van der Waals surface area contributed by atoms with E-state index in [0.717, 1.165) is 23.4 Å². The Morgan fingerprint density at radius 2 is 2.21 bits per heavy atom. The third-order valence-corrected chi connectivity index (χ3v) is 2.60. The molecule has 4 heteroatoms. The Kier molecular flexibility index (Phi) is 1.39. The molecule has 0 aliphatic heterocycles. The first-order valence-corrected chi connectivity index (χ1v) is 4.48. The molecular formula is C10H8N4. The summed E-state index contributed by atoms with van der Waals surface area (Å²) in [4.78, 5) is 4.10. The van der Waals surface area contributed by atoms with Crippen LogP contribution in [0.25, 0.3) is 11.3 Å². The molecule has 0 unspecified atom stereocenters. The van der Waals surface area contributed by atoms with Crippen molar-refractivity contribution < 1.29 is 0 Å². The van der Waals surface area contributed by atoms with Gasteiger partial charge in [0, 0.05) is 29.9 Å². The maximum atomic E-state index is 4.10. The van der Waals surface area contributed by atoms with Gasteiger partial charge >= 0.3 is 0 Å². The van der Waals surface area contributed by atoms with Gasteiger partial charge in [-0.05, 0) is 23.8 Å². The summed E-state index contributed by atoms with van der Waals surface area (Å²) in [7, 11) is 0. The van der Waals surface area contributed by atoms with Crippen molar-refractivity contribution in [1.82, 2.24) is 20.4 Å². The van der Waals surface area contributed by atoms with Gasteiger partial charge in [-0.3, -0.25) is 4.98 Å². The van der Waals surface area contributed by atoms with Crippen molar-refractivity contribution in [2.45, 2.75) is 13.3 Å². The zero-order valence-electron chi connectivity index (χ0n) is 7.73. The van der Waals surface area contributed by atoms with Crippen molar-refractivity contribution in [2.75, 3.05) is 0 Å². The second-order valence-electron chi connectivity index (χ2n) is 3.41. The lowest BCUT2D eigenvalue weighted by Crippen LogP contribution is -1.97. The minimum atomic E-state index is 0.904. The monoisotopic (exact) mass is 184 g/mol. The molecule has 2 aromatic heterocycles. The van der Waals surface area contributed by atoms with Crippen molar-refractivity contribution in [1.29, 1.82) is 0 Å². The van der Waals surface area contributed by atoms with E-state index in [0.29, 0.717) is 0 Å². The molecule has 0 bridgehead atoms. The Bertz CT molecular complexity index is 507. The quantitative estimate of drug-likeness (QED) is 0.525. The van der Waals surface area contributed by atoms with Gasteiger partial charge in [-0.25, -0.2) is 0 Å². The van der Waals surface area contributed by atoms with E-state index in [1.54, 1.807) is 6.20 Å². The van der Waals surface area contributed by atoms with Gasteiger partial charge in [-0.1, -0.05) is 0 Å². The molecule has 2 heterocycles. The van der Waals surface area contributed by atoms with Gasteiger partial charge in [0.25, 0.3) is 0 Å². The van der Waals surface area contributed by atoms with Crippen LogP contribution in [0, 0.1) is 6.92 Å². The van der Waals surface area contributed by atoms with E-state index < -0.39 is 0 Å². The molecule has 14 heavy (non-hydrogen) atoms. The summed E-state index contributed by atoms with van der Waals surface area (Å²) in [5, 5.41) is 11.7. The first-order chi connectivity index (χ1) is 6.86. The molecule has 4 nitrogen and oxygen atoms in total. The van der Waals surface area contributed by atoms with Crippen LogP contribution in [0.3, 0.4) is 0 Å². The highest BCUT2D eigenvalue weighted by atomic mass is 15.3. The number of pyridine rings is 1. The number of nitrogens with zero attached hydrogens (tertiary/aromatic N) is 4. The summed E-state index contributed by atoms with van der Waals surface area (Å²) in [6.45, 7) is 1.97. The van der Waals surface area contributed by atoms with Crippen molar-refractivity contribution in [2.24, 2.45) is 0 Å². The molecule has 0 radical (unpaired) electrons. The molecule has 0 N–H and O–H groups in total. The Balaban J connectivity index is 2.33. The van der Waals surface area contributed by atoms with E-state index in [2.05, 4.69) is 20.4 Å². The van der Waals surface area contributed by atoms with Gasteiger partial charge in [0.15, 0.2) is 0 Å². The molecule has 0 saturated carbocycles. The minimum Gasteiger partial charge on any atom is -0.264 e. The SMILES string of the molecule is Cc1nnnc2c1Cc1ccncc1-2. The average molecular weight is 184 g/mol. The molecule has 1 aliphatic rings. The molecule has 0 atom stereocenters.